The third-order valence-corrected chi connectivity index (χ3v) is 7.90. The van der Waals surface area contributed by atoms with Crippen LogP contribution in [0.5, 0.6) is 0 Å². The van der Waals surface area contributed by atoms with Gasteiger partial charge in [0.1, 0.15) is 6.33 Å². The van der Waals surface area contributed by atoms with E-state index in [1.807, 2.05) is 12.4 Å². The van der Waals surface area contributed by atoms with Gasteiger partial charge in [0.15, 0.2) is 0 Å². The maximum atomic E-state index is 4.34. The lowest BCUT2D eigenvalue weighted by molar-refractivity contribution is 0.660. The van der Waals surface area contributed by atoms with Crippen molar-refractivity contribution in [1.82, 2.24) is 9.97 Å². The molecule has 36 heavy (non-hydrogen) atoms. The fourth-order valence-electron chi connectivity index (χ4n) is 6.20. The normalized spacial score (nSPS) is 13.6. The highest BCUT2D eigenvalue weighted by Gasteiger charge is 2.35. The maximum absolute atomic E-state index is 4.34. The van der Waals surface area contributed by atoms with Gasteiger partial charge in [-0.3, -0.25) is 0 Å². The van der Waals surface area contributed by atoms with Crippen LogP contribution in [-0.2, 0) is 5.41 Å². The molecule has 0 saturated carbocycles. The lowest BCUT2D eigenvalue weighted by Gasteiger charge is -2.23. The van der Waals surface area contributed by atoms with Gasteiger partial charge in [-0.1, -0.05) is 98.3 Å². The van der Waals surface area contributed by atoms with E-state index in [2.05, 4.69) is 116 Å². The quantitative estimate of drug-likeness (QED) is 0.240. The molecule has 0 saturated heterocycles. The Balaban J connectivity index is 1.59. The SMILES string of the molecule is Cc1ccc2c(-c3cncnc3)c3ccccc3c(-c3ccc4c(c3)C(C)(C)c3ccccc3-4)c2c1. The molecule has 1 aliphatic rings. The molecule has 0 aliphatic heterocycles. The van der Waals surface area contributed by atoms with Gasteiger partial charge in [-0.05, 0) is 67.9 Å². The van der Waals surface area contributed by atoms with Crippen LogP contribution in [0.25, 0.3) is 54.9 Å². The topological polar surface area (TPSA) is 25.8 Å². The monoisotopic (exact) mass is 462 g/mol. The van der Waals surface area contributed by atoms with Gasteiger partial charge in [0.2, 0.25) is 0 Å². The van der Waals surface area contributed by atoms with Crippen molar-refractivity contribution >= 4 is 21.5 Å². The van der Waals surface area contributed by atoms with Crippen molar-refractivity contribution < 1.29 is 0 Å². The summed E-state index contributed by atoms with van der Waals surface area (Å²) in [6, 6.07) is 31.5. The molecule has 1 aromatic heterocycles. The Bertz CT molecular complexity index is 1810. The lowest BCUT2D eigenvalue weighted by atomic mass is 9.80. The fourth-order valence-corrected chi connectivity index (χ4v) is 6.20. The number of hydrogen-bond donors (Lipinski definition) is 0. The summed E-state index contributed by atoms with van der Waals surface area (Å²) in [6.45, 7) is 6.87. The van der Waals surface area contributed by atoms with E-state index in [9.17, 15) is 0 Å². The van der Waals surface area contributed by atoms with E-state index in [4.69, 9.17) is 0 Å². The summed E-state index contributed by atoms with van der Waals surface area (Å²) in [4.78, 5) is 8.67. The average Bonchev–Trinajstić information content (AvgIpc) is 3.14. The third-order valence-electron chi connectivity index (χ3n) is 7.90. The summed E-state index contributed by atoms with van der Waals surface area (Å²) < 4.78 is 0. The van der Waals surface area contributed by atoms with Crippen molar-refractivity contribution in [1.29, 1.82) is 0 Å². The van der Waals surface area contributed by atoms with Crippen LogP contribution in [0.3, 0.4) is 0 Å². The minimum atomic E-state index is -0.0369. The van der Waals surface area contributed by atoms with E-state index in [0.29, 0.717) is 0 Å². The molecule has 0 spiro atoms. The van der Waals surface area contributed by atoms with E-state index in [0.717, 1.165) is 5.56 Å². The van der Waals surface area contributed by atoms with E-state index in [1.54, 1.807) is 6.33 Å². The molecule has 0 unspecified atom stereocenters. The van der Waals surface area contributed by atoms with Crippen LogP contribution in [0.15, 0.2) is 104 Å². The number of hydrogen-bond acceptors (Lipinski definition) is 2. The van der Waals surface area contributed by atoms with Gasteiger partial charge in [-0.15, -0.1) is 0 Å². The predicted octanol–water partition coefficient (Wildman–Crippen LogP) is 8.73. The number of fused-ring (bicyclic) bond motifs is 5. The number of rotatable bonds is 2. The van der Waals surface area contributed by atoms with Gasteiger partial charge in [0.25, 0.3) is 0 Å². The van der Waals surface area contributed by atoms with E-state index in [1.165, 1.54) is 66.1 Å². The van der Waals surface area contributed by atoms with Gasteiger partial charge in [-0.2, -0.15) is 0 Å². The zero-order chi connectivity index (χ0) is 24.4. The first-order valence-electron chi connectivity index (χ1n) is 12.5. The smallest absolute Gasteiger partial charge is 0.115 e. The van der Waals surface area contributed by atoms with Crippen molar-refractivity contribution in [3.63, 3.8) is 0 Å². The summed E-state index contributed by atoms with van der Waals surface area (Å²) >= 11 is 0. The van der Waals surface area contributed by atoms with Crippen LogP contribution < -0.4 is 0 Å². The molecule has 0 N–H and O–H groups in total. The Morgan fingerprint density at radius 3 is 1.97 bits per heavy atom. The molecule has 5 aromatic carbocycles. The number of aryl methyl sites for hydroxylation is 1. The molecule has 6 aromatic rings. The molecule has 1 aliphatic carbocycles. The van der Waals surface area contributed by atoms with Crippen molar-refractivity contribution in [2.75, 3.05) is 0 Å². The summed E-state index contributed by atoms with van der Waals surface area (Å²) in [6.07, 6.45) is 5.43. The van der Waals surface area contributed by atoms with Gasteiger partial charge < -0.3 is 0 Å². The summed E-state index contributed by atoms with van der Waals surface area (Å²) in [7, 11) is 0. The van der Waals surface area contributed by atoms with E-state index >= 15 is 0 Å². The number of aromatic nitrogens is 2. The second-order valence-corrected chi connectivity index (χ2v) is 10.4. The van der Waals surface area contributed by atoms with Crippen LogP contribution in [-0.4, -0.2) is 9.97 Å². The van der Waals surface area contributed by atoms with Crippen LogP contribution in [0.2, 0.25) is 0 Å². The molecule has 172 valence electrons. The number of benzene rings is 5. The summed E-state index contributed by atoms with van der Waals surface area (Å²) in [5, 5.41) is 4.97. The molecular weight excluding hydrogens is 436 g/mol. The Morgan fingerprint density at radius 2 is 1.19 bits per heavy atom. The predicted molar refractivity (Wildman–Crippen MR) is 150 cm³/mol. The largest absolute Gasteiger partial charge is 0.244 e. The average molecular weight is 463 g/mol. The molecule has 7 rings (SSSR count). The van der Waals surface area contributed by atoms with Crippen molar-refractivity contribution in [3.8, 4) is 33.4 Å². The second-order valence-electron chi connectivity index (χ2n) is 10.4. The molecule has 2 heteroatoms. The van der Waals surface area contributed by atoms with Crippen LogP contribution in [0.1, 0.15) is 30.5 Å². The van der Waals surface area contributed by atoms with E-state index < -0.39 is 0 Å². The standard InChI is InChI=1S/C34H26N2/c1-21-12-14-28-29(16-21)32(26-9-4-5-10-27(26)33(28)23-18-35-20-36-19-23)22-13-15-25-24-8-6-7-11-30(24)34(2,3)31(25)17-22/h4-20H,1-3H3. The molecule has 1 heterocycles. The second kappa shape index (κ2) is 7.60. The molecule has 0 amide bonds. The van der Waals surface area contributed by atoms with E-state index in [-0.39, 0.29) is 5.41 Å². The Morgan fingerprint density at radius 1 is 0.556 bits per heavy atom. The zero-order valence-corrected chi connectivity index (χ0v) is 20.7. The molecule has 2 nitrogen and oxygen atoms in total. The van der Waals surface area contributed by atoms with Gasteiger partial charge in [0, 0.05) is 28.9 Å². The molecule has 0 atom stereocenters. The van der Waals surface area contributed by atoms with Crippen molar-refractivity contribution in [2.45, 2.75) is 26.2 Å². The Labute approximate surface area is 211 Å². The highest BCUT2D eigenvalue weighted by atomic mass is 14.8. The maximum Gasteiger partial charge on any atom is 0.115 e. The van der Waals surface area contributed by atoms with Crippen LogP contribution in [0, 0.1) is 6.92 Å². The Kier molecular flexibility index (Phi) is 4.44. The highest BCUT2D eigenvalue weighted by Crippen LogP contribution is 2.51. The first kappa shape index (κ1) is 21.0. The molecule has 0 bridgehead atoms. The molecule has 0 fully saturated rings. The summed E-state index contributed by atoms with van der Waals surface area (Å²) in [5.74, 6) is 0. The number of nitrogens with zero attached hydrogens (tertiary/aromatic N) is 2. The van der Waals surface area contributed by atoms with Crippen molar-refractivity contribution in [2.24, 2.45) is 0 Å². The first-order valence-corrected chi connectivity index (χ1v) is 12.5. The van der Waals surface area contributed by atoms with Gasteiger partial charge >= 0.3 is 0 Å². The zero-order valence-electron chi connectivity index (χ0n) is 20.7. The summed E-state index contributed by atoms with van der Waals surface area (Å²) in [5.41, 5.74) is 11.5. The highest BCUT2D eigenvalue weighted by molar-refractivity contribution is 6.21. The van der Waals surface area contributed by atoms with Gasteiger partial charge in [0.05, 0.1) is 0 Å². The van der Waals surface area contributed by atoms with Crippen LogP contribution in [0.4, 0.5) is 0 Å². The third kappa shape index (κ3) is 2.91. The Hall–Kier alpha value is -4.30. The minimum Gasteiger partial charge on any atom is -0.244 e. The van der Waals surface area contributed by atoms with Crippen LogP contribution >= 0.6 is 0 Å². The first-order chi connectivity index (χ1) is 17.5. The fraction of sp³-hybridized carbons (Fsp3) is 0.118. The van der Waals surface area contributed by atoms with Crippen molar-refractivity contribution in [3.05, 3.63) is 120 Å². The minimum absolute atomic E-state index is 0.0369. The molecule has 0 radical (unpaired) electrons. The lowest BCUT2D eigenvalue weighted by Crippen LogP contribution is -2.14. The molecular formula is C34H26N2. The van der Waals surface area contributed by atoms with Gasteiger partial charge in [-0.25, -0.2) is 9.97 Å².